The molecule has 1 saturated heterocycles. The van der Waals surface area contributed by atoms with Crippen LogP contribution in [0.4, 0.5) is 10.5 Å². The highest BCUT2D eigenvalue weighted by molar-refractivity contribution is 5.98. The average Bonchev–Trinajstić information content (AvgIpc) is 2.95. The molecule has 174 valence electrons. The number of methoxy groups -OCH3 is 1. The fourth-order valence-corrected chi connectivity index (χ4v) is 4.60. The van der Waals surface area contributed by atoms with Crippen molar-refractivity contribution in [2.75, 3.05) is 32.6 Å². The molecule has 0 aliphatic carbocycles. The summed E-state index contributed by atoms with van der Waals surface area (Å²) < 4.78 is 10.8. The van der Waals surface area contributed by atoms with Gasteiger partial charge in [0.2, 0.25) is 0 Å². The van der Waals surface area contributed by atoms with Gasteiger partial charge in [-0.25, -0.2) is 4.79 Å². The molecule has 6 heteroatoms. The van der Waals surface area contributed by atoms with E-state index in [1.54, 1.807) is 29.2 Å². The van der Waals surface area contributed by atoms with Gasteiger partial charge in [-0.2, -0.15) is 0 Å². The Morgan fingerprint density at radius 1 is 1.16 bits per heavy atom. The minimum absolute atomic E-state index is 0. The molecule has 0 bridgehead atoms. The summed E-state index contributed by atoms with van der Waals surface area (Å²) in [4.78, 5) is 25.7. The van der Waals surface area contributed by atoms with Crippen molar-refractivity contribution in [1.82, 2.24) is 0 Å². The van der Waals surface area contributed by atoms with Crippen molar-refractivity contribution in [3.8, 4) is 11.5 Å². The van der Waals surface area contributed by atoms with Gasteiger partial charge in [-0.3, -0.25) is 10.1 Å². The normalized spacial score (nSPS) is 20.4. The van der Waals surface area contributed by atoms with Crippen LogP contribution in [-0.4, -0.2) is 39.1 Å². The third kappa shape index (κ3) is 5.88. The molecule has 2 aromatic carbocycles. The van der Waals surface area contributed by atoms with Crippen molar-refractivity contribution in [2.24, 2.45) is 0 Å². The van der Waals surface area contributed by atoms with Crippen LogP contribution in [0.1, 0.15) is 55.5 Å². The first-order chi connectivity index (χ1) is 14.9. The second-order valence-electron chi connectivity index (χ2n) is 8.49. The van der Waals surface area contributed by atoms with E-state index >= 15 is 0 Å². The molecule has 3 rings (SSSR count). The van der Waals surface area contributed by atoms with Gasteiger partial charge in [-0.15, -0.1) is 0 Å². The van der Waals surface area contributed by atoms with E-state index in [1.807, 2.05) is 12.1 Å². The molecule has 0 radical (unpaired) electrons. The van der Waals surface area contributed by atoms with Crippen molar-refractivity contribution >= 4 is 17.6 Å². The fraction of sp³-hybridized carbons (Fsp3) is 0.423. The first kappa shape index (κ1) is 25.4. The van der Waals surface area contributed by atoms with Gasteiger partial charge in [0, 0.05) is 17.2 Å². The maximum atomic E-state index is 12.5. The van der Waals surface area contributed by atoms with Crippen LogP contribution in [0.5, 0.6) is 11.5 Å². The molecule has 1 aliphatic rings. The number of amides is 1. The number of likely N-dealkylation sites (N-methyl/N-ethyl adjacent to an activating group) is 1. The number of benzene rings is 2. The number of ketones is 1. The van der Waals surface area contributed by atoms with Gasteiger partial charge >= 0.3 is 6.09 Å². The summed E-state index contributed by atoms with van der Waals surface area (Å²) >= 11 is 0. The second kappa shape index (κ2) is 11.1. The highest BCUT2D eigenvalue weighted by atomic mass is 16.6. The van der Waals surface area contributed by atoms with E-state index < -0.39 is 6.09 Å². The van der Waals surface area contributed by atoms with Crippen LogP contribution in [0.15, 0.2) is 42.5 Å². The van der Waals surface area contributed by atoms with E-state index in [0.717, 1.165) is 19.4 Å². The summed E-state index contributed by atoms with van der Waals surface area (Å²) in [5.41, 5.74) is 2.30. The SMILES string of the molecule is CC[C@@]1(c2cccc(OC(=O)Nc3ccc(C(C)=O)c(OC)c3)c2)CCCC[NH+](C)C1.[CH3-]. The zero-order valence-electron chi connectivity index (χ0n) is 19.9. The van der Waals surface area contributed by atoms with Crippen molar-refractivity contribution in [3.05, 3.63) is 61.0 Å². The first-order valence-corrected chi connectivity index (χ1v) is 11.0. The molecular weight excluding hydrogens is 404 g/mol. The van der Waals surface area contributed by atoms with Crippen molar-refractivity contribution < 1.29 is 24.0 Å². The molecule has 1 unspecified atom stereocenters. The minimum atomic E-state index is -0.580. The Morgan fingerprint density at radius 2 is 1.94 bits per heavy atom. The Kier molecular flexibility index (Phi) is 8.84. The Bertz CT molecular complexity index is 943. The van der Waals surface area contributed by atoms with E-state index in [-0.39, 0.29) is 18.6 Å². The number of nitrogens with one attached hydrogen (secondary N) is 2. The van der Waals surface area contributed by atoms with Gasteiger partial charge < -0.3 is 21.8 Å². The monoisotopic (exact) mass is 440 g/mol. The molecule has 32 heavy (non-hydrogen) atoms. The maximum Gasteiger partial charge on any atom is 0.417 e. The summed E-state index contributed by atoms with van der Waals surface area (Å²) in [7, 11) is 3.75. The highest BCUT2D eigenvalue weighted by Gasteiger charge is 2.35. The number of quaternary nitrogens is 1. The van der Waals surface area contributed by atoms with Crippen molar-refractivity contribution in [2.45, 2.75) is 44.9 Å². The predicted octanol–water partition coefficient (Wildman–Crippen LogP) is 4.31. The van der Waals surface area contributed by atoms with E-state index in [1.165, 1.54) is 39.0 Å². The Hall–Kier alpha value is -2.86. The second-order valence-corrected chi connectivity index (χ2v) is 8.49. The van der Waals surface area contributed by atoms with Gasteiger partial charge in [0.25, 0.3) is 0 Å². The lowest BCUT2D eigenvalue weighted by atomic mass is 9.74. The summed E-state index contributed by atoms with van der Waals surface area (Å²) in [5, 5.41) is 2.71. The number of hydrogen-bond donors (Lipinski definition) is 2. The van der Waals surface area contributed by atoms with Crippen LogP contribution >= 0.6 is 0 Å². The van der Waals surface area contributed by atoms with E-state index in [2.05, 4.69) is 25.4 Å². The topological polar surface area (TPSA) is 69.1 Å². The molecule has 2 N–H and O–H groups in total. The number of carbonyl (C=O) groups is 2. The van der Waals surface area contributed by atoms with Gasteiger partial charge in [0.05, 0.1) is 32.8 Å². The third-order valence-corrected chi connectivity index (χ3v) is 6.31. The molecule has 1 heterocycles. The first-order valence-electron chi connectivity index (χ1n) is 11.0. The van der Waals surface area contributed by atoms with Crippen LogP contribution < -0.4 is 19.7 Å². The zero-order chi connectivity index (χ0) is 22.4. The number of hydrogen-bond acceptors (Lipinski definition) is 4. The van der Waals surface area contributed by atoms with Gasteiger partial charge in [0.1, 0.15) is 11.5 Å². The summed E-state index contributed by atoms with van der Waals surface area (Å²) in [6.07, 6.45) is 4.09. The molecule has 1 aliphatic heterocycles. The van der Waals surface area contributed by atoms with Crippen LogP contribution in [0.3, 0.4) is 0 Å². The predicted molar refractivity (Wildman–Crippen MR) is 128 cm³/mol. The molecular formula is C26H36N2O4. The molecule has 2 atom stereocenters. The zero-order valence-corrected chi connectivity index (χ0v) is 19.9. The molecule has 0 aromatic heterocycles. The number of carbonyl (C=O) groups excluding carboxylic acids is 2. The van der Waals surface area contributed by atoms with E-state index in [0.29, 0.717) is 22.7 Å². The summed E-state index contributed by atoms with van der Waals surface area (Å²) in [6.45, 7) is 6.01. The Labute approximate surface area is 191 Å². The molecule has 6 nitrogen and oxygen atoms in total. The van der Waals surface area contributed by atoms with E-state index in [4.69, 9.17) is 9.47 Å². The molecule has 0 spiro atoms. The fourth-order valence-electron chi connectivity index (χ4n) is 4.60. The Morgan fingerprint density at radius 3 is 2.62 bits per heavy atom. The van der Waals surface area contributed by atoms with Gasteiger partial charge in [0.15, 0.2) is 5.78 Å². The highest BCUT2D eigenvalue weighted by Crippen LogP contribution is 2.35. The van der Waals surface area contributed by atoms with E-state index in [9.17, 15) is 9.59 Å². The van der Waals surface area contributed by atoms with Crippen LogP contribution in [0.2, 0.25) is 0 Å². The average molecular weight is 441 g/mol. The largest absolute Gasteiger partial charge is 0.496 e. The number of rotatable bonds is 6. The van der Waals surface area contributed by atoms with Crippen molar-refractivity contribution in [3.63, 3.8) is 0 Å². The van der Waals surface area contributed by atoms with Crippen LogP contribution in [0, 0.1) is 7.43 Å². The number of likely N-dealkylation sites (tertiary alicyclic amines) is 1. The molecule has 1 fully saturated rings. The smallest absolute Gasteiger partial charge is 0.417 e. The molecule has 0 saturated carbocycles. The quantitative estimate of drug-likeness (QED) is 0.519. The number of ether oxygens (including phenoxy) is 2. The summed E-state index contributed by atoms with van der Waals surface area (Å²) in [5.74, 6) is 0.841. The number of Topliss-reactive ketones (excluding diaryl/α,β-unsaturated/α-hetero) is 1. The van der Waals surface area contributed by atoms with Crippen molar-refractivity contribution in [1.29, 1.82) is 0 Å². The lowest BCUT2D eigenvalue weighted by molar-refractivity contribution is -0.883. The Balaban J connectivity index is 0.00000363. The van der Waals surface area contributed by atoms with Crippen LogP contribution in [-0.2, 0) is 5.41 Å². The molecule has 2 aromatic rings. The lowest BCUT2D eigenvalue weighted by Gasteiger charge is -2.33. The lowest BCUT2D eigenvalue weighted by Crippen LogP contribution is -3.10. The minimum Gasteiger partial charge on any atom is -0.496 e. The van der Waals surface area contributed by atoms with Crippen LogP contribution in [0.25, 0.3) is 0 Å². The van der Waals surface area contributed by atoms with Gasteiger partial charge in [-0.1, -0.05) is 19.1 Å². The number of anilines is 1. The third-order valence-electron chi connectivity index (χ3n) is 6.31. The van der Waals surface area contributed by atoms with Gasteiger partial charge in [-0.05, 0) is 62.4 Å². The standard InChI is InChI=1S/C25H32N2O4.CH3/c1-5-25(13-6-7-14-27(3)17-25)19-9-8-10-21(15-19)31-24(29)26-20-11-12-22(18(2)28)23(16-20)30-4;/h8-12,15-16H,5-7,13-14,17H2,1-4H3,(H,26,29);1H3/q;-1/p+1/t25-;/m1./s1. The molecule has 1 amide bonds. The maximum absolute atomic E-state index is 12.5. The summed E-state index contributed by atoms with van der Waals surface area (Å²) in [6, 6.07) is 12.8.